The molecular formula is C32H41N5O6. The Balaban J connectivity index is 1.37. The molecule has 2 aliphatic rings. The summed E-state index contributed by atoms with van der Waals surface area (Å²) in [5.74, 6) is 0.255. The van der Waals surface area contributed by atoms with E-state index in [0.29, 0.717) is 74.6 Å². The highest BCUT2D eigenvalue weighted by atomic mass is 16.5. The zero-order valence-electron chi connectivity index (χ0n) is 24.9. The van der Waals surface area contributed by atoms with Gasteiger partial charge in [0.15, 0.2) is 0 Å². The Morgan fingerprint density at radius 2 is 1.79 bits per heavy atom. The number of anilines is 1. The van der Waals surface area contributed by atoms with Crippen molar-refractivity contribution >= 4 is 29.3 Å². The van der Waals surface area contributed by atoms with Crippen LogP contribution >= 0.6 is 0 Å². The van der Waals surface area contributed by atoms with Crippen molar-refractivity contribution in [2.75, 3.05) is 58.3 Å². The zero-order chi connectivity index (χ0) is 30.7. The number of nitrogens with zero attached hydrogens (tertiary/aromatic N) is 1. The number of hydrogen-bond donors (Lipinski definition) is 4. The Hall–Kier alpha value is -4.38. The molecule has 0 saturated carbocycles. The number of likely N-dealkylation sites (tertiary alicyclic amines) is 1. The molecule has 11 nitrogen and oxygen atoms in total. The lowest BCUT2D eigenvalue weighted by atomic mass is 9.74. The Kier molecular flexibility index (Phi) is 11.2. The molecule has 0 radical (unpaired) electrons. The summed E-state index contributed by atoms with van der Waals surface area (Å²) < 4.78 is 11.1. The number of para-hydroxylation sites is 1. The van der Waals surface area contributed by atoms with Gasteiger partial charge in [-0.1, -0.05) is 24.3 Å². The topological polar surface area (TPSA) is 138 Å². The fourth-order valence-corrected chi connectivity index (χ4v) is 5.32. The number of methoxy groups -OCH3 is 1. The van der Waals surface area contributed by atoms with Gasteiger partial charge in [-0.05, 0) is 81.6 Å². The summed E-state index contributed by atoms with van der Waals surface area (Å²) in [4.78, 5) is 53.5. The third kappa shape index (κ3) is 8.81. The summed E-state index contributed by atoms with van der Waals surface area (Å²) in [6, 6.07) is 12.6. The predicted octanol–water partition coefficient (Wildman–Crippen LogP) is 2.42. The minimum atomic E-state index is -0.708. The second-order valence-corrected chi connectivity index (χ2v) is 10.9. The first-order valence-corrected chi connectivity index (χ1v) is 14.7. The van der Waals surface area contributed by atoms with Crippen molar-refractivity contribution in [3.05, 3.63) is 65.7 Å². The first-order chi connectivity index (χ1) is 20.8. The van der Waals surface area contributed by atoms with Gasteiger partial charge >= 0.3 is 0 Å². The zero-order valence-corrected chi connectivity index (χ0v) is 24.9. The SMILES string of the molecule is COc1ccc(C)cc1NC(=O)CN1CCC2(C/C=C/C(=O)NCCOc3ccccc3C(=O)NCCCNC2=O)CC1. The van der Waals surface area contributed by atoms with Crippen molar-refractivity contribution in [2.45, 2.75) is 32.6 Å². The number of aryl methyl sites for hydroxylation is 1. The van der Waals surface area contributed by atoms with Gasteiger partial charge in [0.1, 0.15) is 18.1 Å². The summed E-state index contributed by atoms with van der Waals surface area (Å²) in [7, 11) is 1.56. The van der Waals surface area contributed by atoms with E-state index in [9.17, 15) is 19.2 Å². The van der Waals surface area contributed by atoms with Gasteiger partial charge in [-0.25, -0.2) is 0 Å². The third-order valence-electron chi connectivity index (χ3n) is 7.78. The Labute approximate surface area is 252 Å². The van der Waals surface area contributed by atoms with Gasteiger partial charge in [-0.15, -0.1) is 0 Å². The van der Waals surface area contributed by atoms with Gasteiger partial charge < -0.3 is 30.7 Å². The van der Waals surface area contributed by atoms with Crippen molar-refractivity contribution in [1.82, 2.24) is 20.9 Å². The molecule has 1 fully saturated rings. The van der Waals surface area contributed by atoms with Crippen LogP contribution in [0.15, 0.2) is 54.6 Å². The number of benzene rings is 2. The summed E-state index contributed by atoms with van der Waals surface area (Å²) in [6.07, 6.45) is 5.23. The molecule has 1 spiro atoms. The quantitative estimate of drug-likeness (QED) is 0.429. The van der Waals surface area contributed by atoms with Crippen LogP contribution in [0, 0.1) is 12.3 Å². The van der Waals surface area contributed by atoms with Crippen LogP contribution in [0.4, 0.5) is 5.69 Å². The molecule has 2 aromatic rings. The van der Waals surface area contributed by atoms with Crippen molar-refractivity contribution in [3.8, 4) is 11.5 Å². The van der Waals surface area contributed by atoms with E-state index in [1.54, 1.807) is 37.5 Å². The van der Waals surface area contributed by atoms with Crippen LogP contribution in [-0.2, 0) is 14.4 Å². The molecular weight excluding hydrogens is 550 g/mol. The highest BCUT2D eigenvalue weighted by molar-refractivity contribution is 5.97. The van der Waals surface area contributed by atoms with Crippen molar-refractivity contribution < 1.29 is 28.7 Å². The molecule has 2 heterocycles. The van der Waals surface area contributed by atoms with Gasteiger partial charge in [0.2, 0.25) is 17.7 Å². The number of allylic oxidation sites excluding steroid dienone is 1. The number of fused-ring (bicyclic) bond motifs is 1. The number of amides is 4. The van der Waals surface area contributed by atoms with Gasteiger partial charge in [0, 0.05) is 13.1 Å². The second kappa shape index (κ2) is 15.2. The molecule has 4 amide bonds. The second-order valence-electron chi connectivity index (χ2n) is 10.9. The van der Waals surface area contributed by atoms with E-state index in [2.05, 4.69) is 21.3 Å². The van der Waals surface area contributed by atoms with Crippen LogP contribution in [-0.4, -0.2) is 81.5 Å². The lowest BCUT2D eigenvalue weighted by Gasteiger charge is -2.40. The molecule has 1 saturated heterocycles. The lowest BCUT2D eigenvalue weighted by Crippen LogP contribution is -2.50. The largest absolute Gasteiger partial charge is 0.495 e. The number of ether oxygens (including phenoxy) is 2. The van der Waals surface area contributed by atoms with Crippen LogP contribution in [0.25, 0.3) is 0 Å². The van der Waals surface area contributed by atoms with Gasteiger partial charge in [0.25, 0.3) is 5.91 Å². The summed E-state index contributed by atoms with van der Waals surface area (Å²) in [5.41, 5.74) is 1.34. The summed E-state index contributed by atoms with van der Waals surface area (Å²) in [5, 5.41) is 11.6. The average Bonchev–Trinajstić information content (AvgIpc) is 2.99. The molecule has 2 aliphatic heterocycles. The molecule has 43 heavy (non-hydrogen) atoms. The first-order valence-electron chi connectivity index (χ1n) is 14.7. The number of rotatable bonds is 4. The standard InChI is InChI=1S/C32H41N5O6/c1-23-10-11-27(42-2)25(21-23)36-29(39)22-37-18-13-32(14-19-37)12-5-9-28(38)33-17-20-43-26-8-4-3-7-24(26)30(40)34-15-6-16-35-31(32)41/h3-5,7-11,21H,6,12-20,22H2,1-2H3,(H,33,38)(H,34,40)(H,35,41)(H,36,39)/b9-5+. The predicted molar refractivity (Wildman–Crippen MR) is 163 cm³/mol. The van der Waals surface area contributed by atoms with E-state index in [0.717, 1.165) is 5.56 Å². The third-order valence-corrected chi connectivity index (χ3v) is 7.78. The van der Waals surface area contributed by atoms with E-state index in [-0.39, 0.29) is 43.3 Å². The monoisotopic (exact) mass is 591 g/mol. The van der Waals surface area contributed by atoms with Gasteiger partial charge in [-0.3, -0.25) is 24.1 Å². The van der Waals surface area contributed by atoms with Gasteiger partial charge in [-0.2, -0.15) is 0 Å². The number of nitrogens with one attached hydrogen (secondary N) is 4. The van der Waals surface area contributed by atoms with Crippen LogP contribution in [0.1, 0.15) is 41.6 Å². The van der Waals surface area contributed by atoms with Crippen molar-refractivity contribution in [1.29, 1.82) is 0 Å². The molecule has 230 valence electrons. The van der Waals surface area contributed by atoms with E-state index in [1.165, 1.54) is 6.08 Å². The van der Waals surface area contributed by atoms with Crippen molar-refractivity contribution in [2.24, 2.45) is 5.41 Å². The van der Waals surface area contributed by atoms with E-state index < -0.39 is 5.41 Å². The highest BCUT2D eigenvalue weighted by Gasteiger charge is 2.40. The molecule has 4 rings (SSSR count). The highest BCUT2D eigenvalue weighted by Crippen LogP contribution is 2.36. The number of carbonyl (C=O) groups excluding carboxylic acids is 4. The molecule has 0 aliphatic carbocycles. The number of hydrogen-bond acceptors (Lipinski definition) is 7. The molecule has 0 bridgehead atoms. The number of carbonyl (C=O) groups is 4. The van der Waals surface area contributed by atoms with E-state index in [4.69, 9.17) is 9.47 Å². The molecule has 0 unspecified atom stereocenters. The Morgan fingerprint density at radius 1 is 1.02 bits per heavy atom. The Morgan fingerprint density at radius 3 is 2.58 bits per heavy atom. The smallest absolute Gasteiger partial charge is 0.255 e. The minimum absolute atomic E-state index is 0.0858. The van der Waals surface area contributed by atoms with Crippen LogP contribution in [0.2, 0.25) is 0 Å². The maximum Gasteiger partial charge on any atom is 0.255 e. The van der Waals surface area contributed by atoms with Crippen LogP contribution < -0.4 is 30.7 Å². The van der Waals surface area contributed by atoms with Gasteiger partial charge in [0.05, 0.1) is 36.9 Å². The molecule has 0 aromatic heterocycles. The van der Waals surface area contributed by atoms with Crippen LogP contribution in [0.5, 0.6) is 11.5 Å². The van der Waals surface area contributed by atoms with Crippen LogP contribution in [0.3, 0.4) is 0 Å². The first kappa shape index (κ1) is 31.6. The number of piperidine rings is 1. The molecule has 4 N–H and O–H groups in total. The minimum Gasteiger partial charge on any atom is -0.495 e. The van der Waals surface area contributed by atoms with E-state index in [1.807, 2.05) is 30.0 Å². The molecule has 2 aromatic carbocycles. The molecule has 11 heteroatoms. The lowest BCUT2D eigenvalue weighted by molar-refractivity contribution is -0.134. The maximum absolute atomic E-state index is 13.5. The van der Waals surface area contributed by atoms with Crippen molar-refractivity contribution in [3.63, 3.8) is 0 Å². The summed E-state index contributed by atoms with van der Waals surface area (Å²) >= 11 is 0. The Bertz CT molecular complexity index is 1340. The van der Waals surface area contributed by atoms with E-state index >= 15 is 0 Å². The maximum atomic E-state index is 13.5. The molecule has 0 atom stereocenters. The average molecular weight is 592 g/mol. The fraction of sp³-hybridized carbons (Fsp3) is 0.438. The summed E-state index contributed by atoms with van der Waals surface area (Å²) in [6.45, 7) is 4.50. The fourth-order valence-electron chi connectivity index (χ4n) is 5.32. The normalized spacial score (nSPS) is 19.3.